The van der Waals surface area contributed by atoms with Crippen molar-refractivity contribution in [1.82, 2.24) is 15.0 Å². The Morgan fingerprint density at radius 1 is 1.50 bits per heavy atom. The van der Waals surface area contributed by atoms with Crippen LogP contribution in [0.15, 0.2) is 4.52 Å². The van der Waals surface area contributed by atoms with Gasteiger partial charge in [0.15, 0.2) is 5.82 Å². The lowest BCUT2D eigenvalue weighted by Gasteiger charge is -2.18. The van der Waals surface area contributed by atoms with Crippen molar-refractivity contribution in [2.24, 2.45) is 0 Å². The second-order valence-electron chi connectivity index (χ2n) is 4.28. The molecule has 1 saturated carbocycles. The standard InChI is InChI=1S/C11H19N3O2/c1-2-3-11-12-10(13-16-11)8-14(6-7-15)9-4-5-9/h9,15H,2-8H2,1H3. The number of aryl methyl sites for hydroxylation is 1. The zero-order valence-corrected chi connectivity index (χ0v) is 9.72. The van der Waals surface area contributed by atoms with E-state index in [2.05, 4.69) is 22.0 Å². The number of rotatable bonds is 7. The molecule has 1 aromatic heterocycles. The van der Waals surface area contributed by atoms with Gasteiger partial charge in [-0.1, -0.05) is 12.1 Å². The minimum atomic E-state index is 0.191. The van der Waals surface area contributed by atoms with E-state index in [1.807, 2.05) is 0 Å². The molecule has 0 unspecified atom stereocenters. The fraction of sp³-hybridized carbons (Fsp3) is 0.818. The number of aliphatic hydroxyl groups excluding tert-OH is 1. The van der Waals surface area contributed by atoms with E-state index in [4.69, 9.17) is 9.63 Å². The topological polar surface area (TPSA) is 62.4 Å². The van der Waals surface area contributed by atoms with Crippen LogP contribution in [-0.2, 0) is 13.0 Å². The number of nitrogens with zero attached hydrogens (tertiary/aromatic N) is 3. The third kappa shape index (κ3) is 3.02. The Labute approximate surface area is 95.4 Å². The van der Waals surface area contributed by atoms with Crippen LogP contribution < -0.4 is 0 Å². The molecule has 90 valence electrons. The Morgan fingerprint density at radius 3 is 2.94 bits per heavy atom. The van der Waals surface area contributed by atoms with Crippen LogP contribution in [0.3, 0.4) is 0 Å². The third-order valence-corrected chi connectivity index (χ3v) is 2.77. The van der Waals surface area contributed by atoms with Gasteiger partial charge in [0.05, 0.1) is 13.2 Å². The molecule has 2 rings (SSSR count). The summed E-state index contributed by atoms with van der Waals surface area (Å²) in [4.78, 5) is 6.55. The minimum Gasteiger partial charge on any atom is -0.395 e. The van der Waals surface area contributed by atoms with Gasteiger partial charge >= 0.3 is 0 Å². The van der Waals surface area contributed by atoms with E-state index >= 15 is 0 Å². The highest BCUT2D eigenvalue weighted by molar-refractivity contribution is 4.91. The second kappa shape index (κ2) is 5.41. The predicted molar refractivity (Wildman–Crippen MR) is 58.8 cm³/mol. The van der Waals surface area contributed by atoms with Crippen molar-refractivity contribution in [2.75, 3.05) is 13.2 Å². The summed E-state index contributed by atoms with van der Waals surface area (Å²) in [5, 5.41) is 12.9. The molecule has 0 amide bonds. The van der Waals surface area contributed by atoms with Crippen LogP contribution in [0.5, 0.6) is 0 Å². The maximum atomic E-state index is 8.97. The molecule has 1 fully saturated rings. The average molecular weight is 225 g/mol. The molecule has 1 aromatic rings. The van der Waals surface area contributed by atoms with Crippen LogP contribution in [-0.4, -0.2) is 39.3 Å². The molecule has 0 atom stereocenters. The first kappa shape index (κ1) is 11.5. The van der Waals surface area contributed by atoms with E-state index in [0.29, 0.717) is 19.1 Å². The molecule has 0 radical (unpaired) electrons. The van der Waals surface area contributed by atoms with Crippen LogP contribution in [0.4, 0.5) is 0 Å². The van der Waals surface area contributed by atoms with Gasteiger partial charge in [0.2, 0.25) is 5.89 Å². The molecule has 0 aliphatic heterocycles. The summed E-state index contributed by atoms with van der Waals surface area (Å²) in [6.07, 6.45) is 4.31. The van der Waals surface area contributed by atoms with Crippen molar-refractivity contribution < 1.29 is 9.63 Å². The number of hydrogen-bond donors (Lipinski definition) is 1. The molecule has 16 heavy (non-hydrogen) atoms. The van der Waals surface area contributed by atoms with E-state index in [0.717, 1.165) is 24.6 Å². The van der Waals surface area contributed by atoms with E-state index < -0.39 is 0 Å². The van der Waals surface area contributed by atoms with Gasteiger partial charge in [0, 0.05) is 19.0 Å². The van der Waals surface area contributed by atoms with Crippen molar-refractivity contribution in [3.8, 4) is 0 Å². The molecular formula is C11H19N3O2. The Morgan fingerprint density at radius 2 is 2.31 bits per heavy atom. The highest BCUT2D eigenvalue weighted by atomic mass is 16.5. The Kier molecular flexibility index (Phi) is 3.90. The lowest BCUT2D eigenvalue weighted by atomic mass is 10.3. The molecule has 5 nitrogen and oxygen atoms in total. The van der Waals surface area contributed by atoms with Gasteiger partial charge in [0.1, 0.15) is 0 Å². The quantitative estimate of drug-likeness (QED) is 0.749. The molecule has 0 saturated heterocycles. The fourth-order valence-electron chi connectivity index (χ4n) is 1.81. The fourth-order valence-corrected chi connectivity index (χ4v) is 1.81. The summed E-state index contributed by atoms with van der Waals surface area (Å²) in [5.74, 6) is 1.46. The average Bonchev–Trinajstić information content (AvgIpc) is 3.02. The summed E-state index contributed by atoms with van der Waals surface area (Å²) in [6.45, 7) is 3.67. The zero-order valence-electron chi connectivity index (χ0n) is 9.72. The first-order chi connectivity index (χ1) is 7.83. The number of hydrogen-bond acceptors (Lipinski definition) is 5. The lowest BCUT2D eigenvalue weighted by molar-refractivity contribution is 0.179. The van der Waals surface area contributed by atoms with Crippen LogP contribution >= 0.6 is 0 Å². The molecule has 1 aliphatic carbocycles. The maximum absolute atomic E-state index is 8.97. The summed E-state index contributed by atoms with van der Waals surface area (Å²) in [7, 11) is 0. The van der Waals surface area contributed by atoms with Crippen LogP contribution in [0.25, 0.3) is 0 Å². The molecule has 0 bridgehead atoms. The van der Waals surface area contributed by atoms with Crippen molar-refractivity contribution >= 4 is 0 Å². The molecule has 1 N–H and O–H groups in total. The SMILES string of the molecule is CCCc1nc(CN(CCO)C2CC2)no1. The normalized spacial score (nSPS) is 15.9. The zero-order chi connectivity index (χ0) is 11.4. The largest absolute Gasteiger partial charge is 0.395 e. The molecule has 1 heterocycles. The highest BCUT2D eigenvalue weighted by Gasteiger charge is 2.29. The summed E-state index contributed by atoms with van der Waals surface area (Å²) in [6, 6.07) is 0.611. The van der Waals surface area contributed by atoms with Gasteiger partial charge in [-0.3, -0.25) is 4.90 Å². The maximum Gasteiger partial charge on any atom is 0.226 e. The van der Waals surface area contributed by atoms with Gasteiger partial charge < -0.3 is 9.63 Å². The molecule has 5 heteroatoms. The first-order valence-corrected chi connectivity index (χ1v) is 6.00. The molecule has 0 aromatic carbocycles. The van der Waals surface area contributed by atoms with E-state index in [1.54, 1.807) is 0 Å². The first-order valence-electron chi connectivity index (χ1n) is 6.00. The van der Waals surface area contributed by atoms with Crippen molar-refractivity contribution in [1.29, 1.82) is 0 Å². The minimum absolute atomic E-state index is 0.191. The van der Waals surface area contributed by atoms with E-state index in [-0.39, 0.29) is 6.61 Å². The highest BCUT2D eigenvalue weighted by Crippen LogP contribution is 2.27. The third-order valence-electron chi connectivity index (χ3n) is 2.77. The van der Waals surface area contributed by atoms with Crippen molar-refractivity contribution in [2.45, 2.75) is 45.2 Å². The Balaban J connectivity index is 1.89. The summed E-state index contributed by atoms with van der Waals surface area (Å²) < 4.78 is 5.13. The van der Waals surface area contributed by atoms with Gasteiger partial charge in [-0.05, 0) is 19.3 Å². The second-order valence-corrected chi connectivity index (χ2v) is 4.28. The van der Waals surface area contributed by atoms with Gasteiger partial charge in [-0.25, -0.2) is 0 Å². The molecular weight excluding hydrogens is 206 g/mol. The van der Waals surface area contributed by atoms with Gasteiger partial charge in [-0.2, -0.15) is 4.98 Å². The van der Waals surface area contributed by atoms with Crippen molar-refractivity contribution in [3.05, 3.63) is 11.7 Å². The van der Waals surface area contributed by atoms with E-state index in [1.165, 1.54) is 12.8 Å². The summed E-state index contributed by atoms with van der Waals surface area (Å²) >= 11 is 0. The monoisotopic (exact) mass is 225 g/mol. The molecule has 1 aliphatic rings. The number of aliphatic hydroxyl groups is 1. The van der Waals surface area contributed by atoms with Crippen LogP contribution in [0.2, 0.25) is 0 Å². The Hall–Kier alpha value is -0.940. The van der Waals surface area contributed by atoms with Crippen molar-refractivity contribution in [3.63, 3.8) is 0 Å². The molecule has 0 spiro atoms. The lowest BCUT2D eigenvalue weighted by Crippen LogP contribution is -2.29. The van der Waals surface area contributed by atoms with Gasteiger partial charge in [-0.15, -0.1) is 0 Å². The number of aromatic nitrogens is 2. The summed E-state index contributed by atoms with van der Waals surface area (Å²) in [5.41, 5.74) is 0. The van der Waals surface area contributed by atoms with E-state index in [9.17, 15) is 0 Å². The smallest absolute Gasteiger partial charge is 0.226 e. The van der Waals surface area contributed by atoms with Gasteiger partial charge in [0.25, 0.3) is 0 Å². The van der Waals surface area contributed by atoms with Crippen LogP contribution in [0.1, 0.15) is 37.9 Å². The Bertz CT molecular complexity index is 323. The predicted octanol–water partition coefficient (Wildman–Crippen LogP) is 0.979. The van der Waals surface area contributed by atoms with Crippen LogP contribution in [0, 0.1) is 0 Å².